The van der Waals surface area contributed by atoms with E-state index >= 15 is 0 Å². The molecule has 5 heteroatoms. The molecule has 0 radical (unpaired) electrons. The molecular formula is C13H17N2O3+. The molecule has 2 heterocycles. The topological polar surface area (TPSA) is 59.4 Å². The van der Waals surface area contributed by atoms with Crippen molar-refractivity contribution in [2.24, 2.45) is 7.05 Å². The molecule has 0 saturated heterocycles. The van der Waals surface area contributed by atoms with Gasteiger partial charge in [-0.05, 0) is 13.8 Å². The monoisotopic (exact) mass is 249 g/mol. The van der Waals surface area contributed by atoms with E-state index < -0.39 is 0 Å². The van der Waals surface area contributed by atoms with Crippen LogP contribution in [0.4, 0.5) is 0 Å². The van der Waals surface area contributed by atoms with Gasteiger partial charge < -0.3 is 14.4 Å². The zero-order valence-electron chi connectivity index (χ0n) is 11.0. The maximum absolute atomic E-state index is 9.81. The number of hydrogen-bond donors (Lipinski definition) is 1. The van der Waals surface area contributed by atoms with Crippen molar-refractivity contribution < 1.29 is 18.9 Å². The summed E-state index contributed by atoms with van der Waals surface area (Å²) in [4.78, 5) is 0. The number of ether oxygens (including phenoxy) is 1. The molecule has 5 nitrogen and oxygen atoms in total. The molecule has 2 rings (SSSR count). The van der Waals surface area contributed by atoms with Gasteiger partial charge in [0.15, 0.2) is 11.9 Å². The summed E-state index contributed by atoms with van der Waals surface area (Å²) in [5.74, 6) is 1.36. The molecule has 2 aromatic heterocycles. The summed E-state index contributed by atoms with van der Waals surface area (Å²) in [7, 11) is 1.90. The lowest BCUT2D eigenvalue weighted by Crippen LogP contribution is -2.31. The lowest BCUT2D eigenvalue weighted by Gasteiger charge is -2.08. The largest absolute Gasteiger partial charge is 0.504 e. The fourth-order valence-electron chi connectivity index (χ4n) is 1.75. The van der Waals surface area contributed by atoms with E-state index in [0.717, 1.165) is 22.7 Å². The number of pyridine rings is 1. The summed E-state index contributed by atoms with van der Waals surface area (Å²) in [6, 6.07) is 1.61. The Morgan fingerprint density at radius 2 is 2.11 bits per heavy atom. The fraction of sp³-hybridized carbons (Fsp3) is 0.385. The molecule has 0 aliphatic carbocycles. The van der Waals surface area contributed by atoms with Crippen molar-refractivity contribution in [1.29, 1.82) is 0 Å². The van der Waals surface area contributed by atoms with Crippen molar-refractivity contribution in [3.05, 3.63) is 35.0 Å². The third-order valence-electron chi connectivity index (χ3n) is 3.09. The van der Waals surface area contributed by atoms with Crippen LogP contribution in [0.25, 0.3) is 0 Å². The average Bonchev–Trinajstić information content (AvgIpc) is 2.65. The molecule has 0 fully saturated rings. The molecule has 0 aromatic carbocycles. The van der Waals surface area contributed by atoms with Gasteiger partial charge >= 0.3 is 0 Å². The van der Waals surface area contributed by atoms with Gasteiger partial charge in [0.1, 0.15) is 19.4 Å². The number of aryl methyl sites for hydroxylation is 3. The maximum atomic E-state index is 9.81. The Labute approximate surface area is 106 Å². The Bertz CT molecular complexity index is 556. The van der Waals surface area contributed by atoms with Crippen molar-refractivity contribution in [3.8, 4) is 11.5 Å². The van der Waals surface area contributed by atoms with E-state index in [2.05, 4.69) is 5.16 Å². The second-order valence-corrected chi connectivity index (χ2v) is 4.32. The molecule has 2 aromatic rings. The molecule has 0 unspecified atom stereocenters. The third-order valence-corrected chi connectivity index (χ3v) is 3.09. The maximum Gasteiger partial charge on any atom is 0.229 e. The van der Waals surface area contributed by atoms with Crippen LogP contribution in [0.3, 0.4) is 0 Å². The van der Waals surface area contributed by atoms with Crippen molar-refractivity contribution in [2.45, 2.75) is 27.4 Å². The number of nitrogens with zero attached hydrogens (tertiary/aromatic N) is 2. The zero-order chi connectivity index (χ0) is 13.3. The predicted octanol–water partition coefficient (Wildman–Crippen LogP) is 1.71. The highest BCUT2D eigenvalue weighted by Crippen LogP contribution is 2.28. The molecule has 0 spiro atoms. The van der Waals surface area contributed by atoms with Gasteiger partial charge in [0.2, 0.25) is 11.4 Å². The first-order chi connectivity index (χ1) is 8.50. The molecule has 96 valence electrons. The first kappa shape index (κ1) is 12.4. The molecule has 0 bridgehead atoms. The molecule has 0 atom stereocenters. The normalized spacial score (nSPS) is 10.7. The Kier molecular flexibility index (Phi) is 3.23. The van der Waals surface area contributed by atoms with Crippen LogP contribution in [0.15, 0.2) is 16.8 Å². The van der Waals surface area contributed by atoms with Crippen molar-refractivity contribution >= 4 is 0 Å². The first-order valence-corrected chi connectivity index (χ1v) is 5.73. The lowest BCUT2D eigenvalue weighted by atomic mass is 10.2. The second kappa shape index (κ2) is 4.68. The minimum Gasteiger partial charge on any atom is -0.504 e. The predicted molar refractivity (Wildman–Crippen MR) is 64.3 cm³/mol. The summed E-state index contributed by atoms with van der Waals surface area (Å²) >= 11 is 0. The fourth-order valence-corrected chi connectivity index (χ4v) is 1.75. The zero-order valence-corrected chi connectivity index (χ0v) is 11.0. The molecule has 0 amide bonds. The second-order valence-electron chi connectivity index (χ2n) is 4.32. The Morgan fingerprint density at radius 1 is 1.39 bits per heavy atom. The summed E-state index contributed by atoms with van der Waals surface area (Å²) in [5, 5.41) is 13.7. The van der Waals surface area contributed by atoms with Crippen LogP contribution in [0, 0.1) is 20.8 Å². The first-order valence-electron chi connectivity index (χ1n) is 5.73. The lowest BCUT2D eigenvalue weighted by molar-refractivity contribution is -0.678. The Morgan fingerprint density at radius 3 is 2.72 bits per heavy atom. The molecular weight excluding hydrogens is 232 g/mol. The standard InChI is InChI=1S/C13H16N2O3/c1-8-11(10(3)18-14-8)7-17-13-9(2)15(4)6-5-12(13)16/h5-6H,7H2,1-4H3/p+1. The van der Waals surface area contributed by atoms with Gasteiger partial charge in [-0.25, -0.2) is 4.57 Å². The summed E-state index contributed by atoms with van der Waals surface area (Å²) in [6.45, 7) is 5.94. The van der Waals surface area contributed by atoms with Gasteiger partial charge in [-0.2, -0.15) is 0 Å². The number of aromatic nitrogens is 2. The Balaban J connectivity index is 2.24. The van der Waals surface area contributed by atoms with Gasteiger partial charge in [0.05, 0.1) is 11.3 Å². The summed E-state index contributed by atoms with van der Waals surface area (Å²) in [5.41, 5.74) is 2.59. The smallest absolute Gasteiger partial charge is 0.229 e. The quantitative estimate of drug-likeness (QED) is 0.841. The van der Waals surface area contributed by atoms with Crippen LogP contribution < -0.4 is 9.30 Å². The van der Waals surface area contributed by atoms with Crippen molar-refractivity contribution in [3.63, 3.8) is 0 Å². The molecule has 0 aliphatic rings. The summed E-state index contributed by atoms with van der Waals surface area (Å²) in [6.07, 6.45) is 1.79. The van der Waals surface area contributed by atoms with E-state index in [1.165, 1.54) is 0 Å². The highest BCUT2D eigenvalue weighted by atomic mass is 16.5. The Hall–Kier alpha value is -2.04. The van der Waals surface area contributed by atoms with Gasteiger partial charge in [-0.1, -0.05) is 5.16 Å². The number of aromatic hydroxyl groups is 1. The van der Waals surface area contributed by atoms with Gasteiger partial charge in [0, 0.05) is 13.0 Å². The van der Waals surface area contributed by atoms with Crippen LogP contribution in [0.2, 0.25) is 0 Å². The van der Waals surface area contributed by atoms with Crippen LogP contribution >= 0.6 is 0 Å². The van der Waals surface area contributed by atoms with E-state index in [1.54, 1.807) is 12.3 Å². The van der Waals surface area contributed by atoms with Gasteiger partial charge in [0.25, 0.3) is 0 Å². The molecule has 0 saturated carbocycles. The van der Waals surface area contributed by atoms with E-state index in [0.29, 0.717) is 12.4 Å². The SMILES string of the molecule is Cc1noc(C)c1COc1c(O)cc[n+](C)c1C. The van der Waals surface area contributed by atoms with E-state index in [1.807, 2.05) is 32.4 Å². The van der Waals surface area contributed by atoms with Crippen LogP contribution in [-0.4, -0.2) is 10.3 Å². The highest BCUT2D eigenvalue weighted by Gasteiger charge is 2.17. The minimum absolute atomic E-state index is 0.136. The molecule has 18 heavy (non-hydrogen) atoms. The molecule has 1 N–H and O–H groups in total. The third kappa shape index (κ3) is 2.16. The summed E-state index contributed by atoms with van der Waals surface area (Å²) < 4.78 is 12.6. The van der Waals surface area contributed by atoms with Crippen molar-refractivity contribution in [2.75, 3.05) is 0 Å². The number of hydrogen-bond acceptors (Lipinski definition) is 4. The van der Waals surface area contributed by atoms with Gasteiger partial charge in [-0.3, -0.25) is 0 Å². The number of rotatable bonds is 3. The van der Waals surface area contributed by atoms with E-state index in [4.69, 9.17) is 9.26 Å². The highest BCUT2D eigenvalue weighted by molar-refractivity contribution is 5.38. The molecule has 0 aliphatic heterocycles. The van der Waals surface area contributed by atoms with Crippen LogP contribution in [0.1, 0.15) is 22.7 Å². The van der Waals surface area contributed by atoms with Crippen LogP contribution in [0.5, 0.6) is 11.5 Å². The van der Waals surface area contributed by atoms with E-state index in [9.17, 15) is 5.11 Å². The average molecular weight is 249 g/mol. The van der Waals surface area contributed by atoms with Crippen LogP contribution in [-0.2, 0) is 13.7 Å². The van der Waals surface area contributed by atoms with E-state index in [-0.39, 0.29) is 5.75 Å². The van der Waals surface area contributed by atoms with Crippen molar-refractivity contribution in [1.82, 2.24) is 5.16 Å². The van der Waals surface area contributed by atoms with Gasteiger partial charge in [-0.15, -0.1) is 0 Å². The minimum atomic E-state index is 0.136.